The highest BCUT2D eigenvalue weighted by atomic mass is 16.5. The van der Waals surface area contributed by atoms with E-state index in [1.165, 1.54) is 66.9 Å². The van der Waals surface area contributed by atoms with Gasteiger partial charge in [-0.25, -0.2) is 0 Å². The predicted molar refractivity (Wildman–Crippen MR) is 205 cm³/mol. The van der Waals surface area contributed by atoms with E-state index in [2.05, 4.69) is 183 Å². The van der Waals surface area contributed by atoms with Crippen molar-refractivity contribution in [1.29, 1.82) is 0 Å². The molecule has 3 aliphatic rings. The number of hydrogen-bond acceptors (Lipinski definition) is 2. The van der Waals surface area contributed by atoms with Gasteiger partial charge in [-0.05, 0) is 92.0 Å². The summed E-state index contributed by atoms with van der Waals surface area (Å²) in [5.74, 6) is 0.984. The van der Waals surface area contributed by atoms with E-state index in [1.54, 1.807) is 0 Å². The summed E-state index contributed by atoms with van der Waals surface area (Å²) in [6, 6.07) is 60.8. The van der Waals surface area contributed by atoms with Crippen LogP contribution in [0.3, 0.4) is 0 Å². The van der Waals surface area contributed by atoms with Crippen LogP contribution in [0.2, 0.25) is 0 Å². The molecule has 1 aliphatic heterocycles. The Labute approximate surface area is 294 Å². The van der Waals surface area contributed by atoms with Crippen LogP contribution in [0.5, 0.6) is 5.75 Å². The summed E-state index contributed by atoms with van der Waals surface area (Å²) in [4.78, 5) is 2.48. The fraction of sp³-hybridized carbons (Fsp3) is 0.125. The van der Waals surface area contributed by atoms with E-state index in [0.29, 0.717) is 6.61 Å². The molecule has 2 heteroatoms. The predicted octanol–water partition coefficient (Wildman–Crippen LogP) is 11.8. The monoisotopic (exact) mass is 643 g/mol. The van der Waals surface area contributed by atoms with E-state index in [0.717, 1.165) is 23.5 Å². The number of hydrogen-bond donors (Lipinski definition) is 0. The zero-order valence-corrected chi connectivity index (χ0v) is 28.4. The summed E-state index contributed by atoms with van der Waals surface area (Å²) < 4.78 is 6.15. The van der Waals surface area contributed by atoms with Crippen molar-refractivity contribution in [1.82, 2.24) is 0 Å². The first-order valence-electron chi connectivity index (χ1n) is 17.7. The lowest BCUT2D eigenvalue weighted by atomic mass is 9.67. The van der Waals surface area contributed by atoms with Crippen LogP contribution >= 0.6 is 0 Å². The van der Waals surface area contributed by atoms with Crippen molar-refractivity contribution in [2.75, 3.05) is 11.5 Å². The van der Waals surface area contributed by atoms with Crippen LogP contribution in [0.4, 0.5) is 17.1 Å². The van der Waals surface area contributed by atoms with Crippen LogP contribution < -0.4 is 9.64 Å². The van der Waals surface area contributed by atoms with Gasteiger partial charge in [-0.15, -0.1) is 0 Å². The molecule has 0 bridgehead atoms. The molecule has 50 heavy (non-hydrogen) atoms. The molecule has 0 saturated carbocycles. The van der Waals surface area contributed by atoms with Gasteiger partial charge in [0.15, 0.2) is 0 Å². The molecule has 10 rings (SSSR count). The second kappa shape index (κ2) is 10.8. The molecule has 1 heterocycles. The van der Waals surface area contributed by atoms with Gasteiger partial charge < -0.3 is 9.64 Å². The Morgan fingerprint density at radius 3 is 1.70 bits per heavy atom. The summed E-state index contributed by atoms with van der Waals surface area (Å²) >= 11 is 0. The summed E-state index contributed by atoms with van der Waals surface area (Å²) in [7, 11) is 0. The van der Waals surface area contributed by atoms with E-state index >= 15 is 0 Å². The standard InChI is InChI=1S/C48H37NO/c1-47(2)41-20-11-9-18-36(41)38-26-24-34(30-43(38)47)49(45-22-13-23-46-40(45)28-29-50-46)35-25-27-39-37-19-10-12-21-42(37)48(44(39)31-35,32-14-5-3-6-15-32)33-16-7-4-8-17-33/h3-27,30-31H,28-29H2,1-2H3. The minimum atomic E-state index is -0.473. The topological polar surface area (TPSA) is 12.5 Å². The Morgan fingerprint density at radius 1 is 0.480 bits per heavy atom. The maximum atomic E-state index is 6.15. The number of benzene rings is 7. The highest BCUT2D eigenvalue weighted by molar-refractivity contribution is 5.91. The van der Waals surface area contributed by atoms with Crippen LogP contribution in [0.1, 0.15) is 52.8 Å². The Balaban J connectivity index is 1.25. The van der Waals surface area contributed by atoms with Gasteiger partial charge in [-0.3, -0.25) is 0 Å². The second-order valence-corrected chi connectivity index (χ2v) is 14.3. The van der Waals surface area contributed by atoms with Crippen LogP contribution in [-0.4, -0.2) is 6.61 Å². The number of anilines is 3. The highest BCUT2D eigenvalue weighted by Crippen LogP contribution is 2.58. The van der Waals surface area contributed by atoms with Crippen LogP contribution in [0.15, 0.2) is 164 Å². The third-order valence-electron chi connectivity index (χ3n) is 11.5. The van der Waals surface area contributed by atoms with E-state index in [-0.39, 0.29) is 5.41 Å². The summed E-state index contributed by atoms with van der Waals surface area (Å²) in [5.41, 5.74) is 17.3. The fourth-order valence-electron chi connectivity index (χ4n) is 9.24. The highest BCUT2D eigenvalue weighted by Gasteiger charge is 2.46. The van der Waals surface area contributed by atoms with E-state index in [4.69, 9.17) is 4.74 Å². The van der Waals surface area contributed by atoms with Gasteiger partial charge in [-0.2, -0.15) is 0 Å². The molecule has 0 N–H and O–H groups in total. The maximum Gasteiger partial charge on any atom is 0.124 e. The second-order valence-electron chi connectivity index (χ2n) is 14.3. The number of rotatable bonds is 5. The quantitative estimate of drug-likeness (QED) is 0.185. The molecule has 0 spiro atoms. The average Bonchev–Trinajstić information content (AvgIpc) is 3.83. The maximum absolute atomic E-state index is 6.15. The summed E-state index contributed by atoms with van der Waals surface area (Å²) in [6.45, 7) is 5.43. The largest absolute Gasteiger partial charge is 0.493 e. The molecule has 2 nitrogen and oxygen atoms in total. The molecule has 0 amide bonds. The first kappa shape index (κ1) is 29.1. The van der Waals surface area contributed by atoms with Crippen molar-refractivity contribution in [2.45, 2.75) is 31.1 Å². The molecule has 7 aromatic carbocycles. The molecule has 2 aliphatic carbocycles. The molecule has 240 valence electrons. The number of fused-ring (bicyclic) bond motifs is 7. The average molecular weight is 644 g/mol. The molecule has 0 radical (unpaired) electrons. The molecular weight excluding hydrogens is 607 g/mol. The van der Waals surface area contributed by atoms with Gasteiger partial charge in [0, 0.05) is 28.8 Å². The van der Waals surface area contributed by atoms with Crippen LogP contribution in [0, 0.1) is 0 Å². The Hall–Kier alpha value is -5.86. The Bertz CT molecular complexity index is 2400. The third kappa shape index (κ3) is 3.96. The molecule has 0 fully saturated rings. The zero-order valence-electron chi connectivity index (χ0n) is 28.4. The van der Waals surface area contributed by atoms with Gasteiger partial charge in [0.05, 0.1) is 17.7 Å². The van der Waals surface area contributed by atoms with Crippen molar-refractivity contribution in [2.24, 2.45) is 0 Å². The van der Waals surface area contributed by atoms with E-state index < -0.39 is 5.41 Å². The van der Waals surface area contributed by atoms with Gasteiger partial charge >= 0.3 is 0 Å². The van der Waals surface area contributed by atoms with Crippen molar-refractivity contribution >= 4 is 17.1 Å². The van der Waals surface area contributed by atoms with Gasteiger partial charge in [-0.1, -0.05) is 141 Å². The van der Waals surface area contributed by atoms with Crippen molar-refractivity contribution in [3.8, 4) is 28.0 Å². The number of ether oxygens (including phenoxy) is 1. The lowest BCUT2D eigenvalue weighted by Crippen LogP contribution is -2.28. The first-order valence-corrected chi connectivity index (χ1v) is 17.7. The van der Waals surface area contributed by atoms with Crippen LogP contribution in [-0.2, 0) is 17.3 Å². The van der Waals surface area contributed by atoms with Crippen molar-refractivity contribution in [3.05, 3.63) is 203 Å². The van der Waals surface area contributed by atoms with Gasteiger partial charge in [0.1, 0.15) is 5.75 Å². The van der Waals surface area contributed by atoms with Gasteiger partial charge in [0.25, 0.3) is 0 Å². The van der Waals surface area contributed by atoms with E-state index in [1.807, 2.05) is 0 Å². The smallest absolute Gasteiger partial charge is 0.124 e. The van der Waals surface area contributed by atoms with Crippen molar-refractivity contribution < 1.29 is 4.74 Å². The molecule has 0 aromatic heterocycles. The normalized spacial score (nSPS) is 15.3. The first-order chi connectivity index (χ1) is 24.6. The fourth-order valence-corrected chi connectivity index (χ4v) is 9.24. The minimum absolute atomic E-state index is 0.106. The lowest BCUT2D eigenvalue weighted by Gasteiger charge is -2.35. The molecule has 0 unspecified atom stereocenters. The zero-order chi connectivity index (χ0) is 33.5. The van der Waals surface area contributed by atoms with Crippen LogP contribution in [0.25, 0.3) is 22.3 Å². The van der Waals surface area contributed by atoms with Gasteiger partial charge in [0.2, 0.25) is 0 Å². The molecule has 0 saturated heterocycles. The minimum Gasteiger partial charge on any atom is -0.493 e. The van der Waals surface area contributed by atoms with Crippen molar-refractivity contribution in [3.63, 3.8) is 0 Å². The number of nitrogens with zero attached hydrogens (tertiary/aromatic N) is 1. The Kier molecular flexibility index (Phi) is 6.30. The third-order valence-corrected chi connectivity index (χ3v) is 11.5. The lowest BCUT2D eigenvalue weighted by molar-refractivity contribution is 0.357. The SMILES string of the molecule is CC1(C)c2ccccc2-c2ccc(N(c3ccc4c(c3)C(c3ccccc3)(c3ccccc3)c3ccccc3-4)c3cccc4c3CCO4)cc21. The molecule has 7 aromatic rings. The summed E-state index contributed by atoms with van der Waals surface area (Å²) in [5, 5.41) is 0. The molecule has 0 atom stereocenters. The van der Waals surface area contributed by atoms with E-state index in [9.17, 15) is 0 Å². The summed E-state index contributed by atoms with van der Waals surface area (Å²) in [6.07, 6.45) is 0.887. The Morgan fingerprint density at radius 2 is 1.02 bits per heavy atom. The molecular formula is C48H37NO.